The Morgan fingerprint density at radius 1 is 0.976 bits per heavy atom. The number of hydrogen-bond donors (Lipinski definition) is 1. The molecule has 1 heterocycles. The smallest absolute Gasteiger partial charge is 0.270 e. The summed E-state index contributed by atoms with van der Waals surface area (Å²) in [6, 6.07) is 23.4. The highest BCUT2D eigenvalue weighted by Crippen LogP contribution is 2.36. The van der Waals surface area contributed by atoms with E-state index in [1.807, 2.05) is 37.3 Å². The minimum atomic E-state index is -0.733. The number of rotatable bonds is 9. The maximum absolute atomic E-state index is 14.5. The number of benzene rings is 4. The summed E-state index contributed by atoms with van der Waals surface area (Å²) in [4.78, 5) is 27.3. The molecule has 6 nitrogen and oxygen atoms in total. The Hall–Kier alpha value is -4.82. The van der Waals surface area contributed by atoms with Gasteiger partial charge in [0.15, 0.2) is 16.6 Å². The van der Waals surface area contributed by atoms with Gasteiger partial charge in [-0.2, -0.15) is 0 Å². The molecule has 0 spiro atoms. The second kappa shape index (κ2) is 12.1. The summed E-state index contributed by atoms with van der Waals surface area (Å²) in [7, 11) is 0. The average Bonchev–Trinajstić information content (AvgIpc) is 2.96. The molecule has 0 bridgehead atoms. The molecule has 41 heavy (non-hydrogen) atoms. The van der Waals surface area contributed by atoms with Gasteiger partial charge in [-0.25, -0.2) is 9.29 Å². The lowest BCUT2D eigenvalue weighted by molar-refractivity contribution is -0.122. The standard InChI is InChI=1S/C33H27FN2O4S/c1-3-10-23-17-21(18-26-31(37)35-33(41)36(32(26)38)28-16-8-7-15-27(28)34)19-29(39-4-2)30(23)40-20-24-13-9-12-22-11-5-6-14-25(22)24/h3,5-9,11-19H,1,4,10,20H2,2H3,(H,35,37,41)/b26-18+. The van der Waals surface area contributed by atoms with Gasteiger partial charge < -0.3 is 9.47 Å². The zero-order chi connectivity index (χ0) is 28.9. The molecule has 0 unspecified atom stereocenters. The Morgan fingerprint density at radius 3 is 2.51 bits per heavy atom. The van der Waals surface area contributed by atoms with Crippen LogP contribution in [0.3, 0.4) is 0 Å². The van der Waals surface area contributed by atoms with Crippen LogP contribution in [-0.4, -0.2) is 23.5 Å². The molecule has 206 valence electrons. The van der Waals surface area contributed by atoms with Crippen LogP contribution in [0, 0.1) is 5.82 Å². The van der Waals surface area contributed by atoms with Gasteiger partial charge in [-0.3, -0.25) is 14.9 Å². The third-order valence-corrected chi connectivity index (χ3v) is 6.86. The van der Waals surface area contributed by atoms with Crippen LogP contribution < -0.4 is 19.7 Å². The number of thiocarbonyl (C=S) groups is 1. The van der Waals surface area contributed by atoms with Crippen LogP contribution >= 0.6 is 12.2 Å². The van der Waals surface area contributed by atoms with Crippen LogP contribution in [0.2, 0.25) is 0 Å². The summed E-state index contributed by atoms with van der Waals surface area (Å²) in [6.07, 6.45) is 3.63. The van der Waals surface area contributed by atoms with Crippen molar-refractivity contribution in [2.75, 3.05) is 11.5 Å². The fourth-order valence-electron chi connectivity index (χ4n) is 4.74. The number of nitrogens with one attached hydrogen (secondary N) is 1. The third-order valence-electron chi connectivity index (χ3n) is 6.58. The summed E-state index contributed by atoms with van der Waals surface area (Å²) < 4.78 is 26.8. The lowest BCUT2D eigenvalue weighted by atomic mass is 10.0. The minimum Gasteiger partial charge on any atom is -0.490 e. The fourth-order valence-corrected chi connectivity index (χ4v) is 5.02. The number of amides is 2. The van der Waals surface area contributed by atoms with Crippen molar-refractivity contribution >= 4 is 51.7 Å². The molecule has 5 rings (SSSR count). The molecule has 8 heteroatoms. The number of allylic oxidation sites excluding steroid dienone is 1. The van der Waals surface area contributed by atoms with Crippen LogP contribution in [0.1, 0.15) is 23.6 Å². The Morgan fingerprint density at radius 2 is 1.73 bits per heavy atom. The normalized spacial score (nSPS) is 14.3. The molecular weight excluding hydrogens is 539 g/mol. The van der Waals surface area contributed by atoms with E-state index in [0.717, 1.165) is 26.8 Å². The lowest BCUT2D eigenvalue weighted by Crippen LogP contribution is -2.54. The summed E-state index contributed by atoms with van der Waals surface area (Å²) in [6.45, 7) is 6.41. The van der Waals surface area contributed by atoms with E-state index in [9.17, 15) is 14.0 Å². The predicted molar refractivity (Wildman–Crippen MR) is 162 cm³/mol. The van der Waals surface area contributed by atoms with Crippen molar-refractivity contribution in [1.82, 2.24) is 5.32 Å². The van der Waals surface area contributed by atoms with E-state index in [-0.39, 0.29) is 16.4 Å². The highest BCUT2D eigenvalue weighted by molar-refractivity contribution is 7.80. The first kappa shape index (κ1) is 27.7. The molecule has 0 saturated carbocycles. The van der Waals surface area contributed by atoms with Gasteiger partial charge in [0.25, 0.3) is 11.8 Å². The first-order valence-electron chi connectivity index (χ1n) is 13.1. The van der Waals surface area contributed by atoms with E-state index in [0.29, 0.717) is 36.7 Å². The third kappa shape index (κ3) is 5.73. The van der Waals surface area contributed by atoms with Gasteiger partial charge in [0.05, 0.1) is 12.3 Å². The fraction of sp³-hybridized carbons (Fsp3) is 0.121. The highest BCUT2D eigenvalue weighted by atomic mass is 32.1. The number of carbonyl (C=O) groups excluding carboxylic acids is 2. The van der Waals surface area contributed by atoms with Crippen molar-refractivity contribution in [3.05, 3.63) is 120 Å². The van der Waals surface area contributed by atoms with E-state index in [1.54, 1.807) is 18.2 Å². The Bertz CT molecular complexity index is 1710. The number of nitrogens with zero attached hydrogens (tertiary/aromatic N) is 1. The van der Waals surface area contributed by atoms with Gasteiger partial charge in [0.2, 0.25) is 0 Å². The molecule has 4 aromatic carbocycles. The predicted octanol–water partition coefficient (Wildman–Crippen LogP) is 6.52. The quantitative estimate of drug-likeness (QED) is 0.108. The minimum absolute atomic E-state index is 0.0482. The Kier molecular flexibility index (Phi) is 8.21. The second-order valence-corrected chi connectivity index (χ2v) is 9.66. The van der Waals surface area contributed by atoms with Crippen LogP contribution in [0.4, 0.5) is 10.1 Å². The van der Waals surface area contributed by atoms with Crippen molar-refractivity contribution in [3.63, 3.8) is 0 Å². The lowest BCUT2D eigenvalue weighted by Gasteiger charge is -2.29. The van der Waals surface area contributed by atoms with Crippen LogP contribution in [0.25, 0.3) is 16.8 Å². The maximum Gasteiger partial charge on any atom is 0.270 e. The molecule has 1 N–H and O–H groups in total. The second-order valence-electron chi connectivity index (χ2n) is 9.27. The van der Waals surface area contributed by atoms with Gasteiger partial charge in [-0.1, -0.05) is 60.7 Å². The number of hydrogen-bond acceptors (Lipinski definition) is 5. The van der Waals surface area contributed by atoms with E-state index in [2.05, 4.69) is 30.1 Å². The Balaban J connectivity index is 1.52. The molecule has 1 aliphatic rings. The SMILES string of the molecule is C=CCc1cc(/C=C2\C(=O)NC(=S)N(c3ccccc3F)C2=O)cc(OCC)c1OCc1cccc2ccccc12. The first-order valence-corrected chi connectivity index (χ1v) is 13.5. The molecule has 1 fully saturated rings. The van der Waals surface area contributed by atoms with E-state index < -0.39 is 17.6 Å². The summed E-state index contributed by atoms with van der Waals surface area (Å²) in [5.41, 5.74) is 2.08. The summed E-state index contributed by atoms with van der Waals surface area (Å²) in [5, 5.41) is 4.51. The monoisotopic (exact) mass is 566 g/mol. The number of fused-ring (bicyclic) bond motifs is 1. The maximum atomic E-state index is 14.5. The molecular formula is C33H27FN2O4S. The molecule has 1 aliphatic heterocycles. The number of para-hydroxylation sites is 1. The average molecular weight is 567 g/mol. The van der Waals surface area contributed by atoms with Crippen molar-refractivity contribution in [3.8, 4) is 11.5 Å². The van der Waals surface area contributed by atoms with Crippen LogP contribution in [-0.2, 0) is 22.6 Å². The van der Waals surface area contributed by atoms with Gasteiger partial charge in [0, 0.05) is 5.56 Å². The zero-order valence-electron chi connectivity index (χ0n) is 22.4. The van der Waals surface area contributed by atoms with Gasteiger partial charge in [-0.05, 0) is 77.8 Å². The van der Waals surface area contributed by atoms with Gasteiger partial charge in [0.1, 0.15) is 18.0 Å². The zero-order valence-corrected chi connectivity index (χ0v) is 23.2. The Labute approximate surface area is 242 Å². The molecule has 0 atom stereocenters. The molecule has 0 radical (unpaired) electrons. The number of anilines is 1. The largest absolute Gasteiger partial charge is 0.490 e. The van der Waals surface area contributed by atoms with Crippen molar-refractivity contribution in [2.45, 2.75) is 20.0 Å². The molecule has 1 saturated heterocycles. The number of halogens is 1. The molecule has 4 aromatic rings. The van der Waals surface area contributed by atoms with E-state index in [1.165, 1.54) is 24.3 Å². The van der Waals surface area contributed by atoms with Gasteiger partial charge in [-0.15, -0.1) is 6.58 Å². The number of ether oxygens (including phenoxy) is 2. The highest BCUT2D eigenvalue weighted by Gasteiger charge is 2.35. The first-order chi connectivity index (χ1) is 19.9. The number of carbonyl (C=O) groups is 2. The molecule has 2 amide bonds. The summed E-state index contributed by atoms with van der Waals surface area (Å²) >= 11 is 5.20. The molecule has 0 aliphatic carbocycles. The van der Waals surface area contributed by atoms with Crippen molar-refractivity contribution in [2.24, 2.45) is 0 Å². The van der Waals surface area contributed by atoms with Crippen LogP contribution in [0.5, 0.6) is 11.5 Å². The van der Waals surface area contributed by atoms with Crippen LogP contribution in [0.15, 0.2) is 97.1 Å². The van der Waals surface area contributed by atoms with E-state index in [4.69, 9.17) is 21.7 Å². The topological polar surface area (TPSA) is 67.9 Å². The van der Waals surface area contributed by atoms with E-state index >= 15 is 0 Å². The summed E-state index contributed by atoms with van der Waals surface area (Å²) in [5.74, 6) is -1.03. The molecule has 0 aromatic heterocycles. The van der Waals surface area contributed by atoms with Crippen molar-refractivity contribution < 1.29 is 23.5 Å². The van der Waals surface area contributed by atoms with Gasteiger partial charge >= 0.3 is 0 Å². The van der Waals surface area contributed by atoms with Crippen molar-refractivity contribution in [1.29, 1.82) is 0 Å².